The van der Waals surface area contributed by atoms with Crippen LogP contribution in [0.4, 0.5) is 11.4 Å². The summed E-state index contributed by atoms with van der Waals surface area (Å²) in [6.07, 6.45) is 0. The number of carbonyl (C=O) groups excluding carboxylic acids is 1. The fourth-order valence-electron chi connectivity index (χ4n) is 2.11. The summed E-state index contributed by atoms with van der Waals surface area (Å²) < 4.78 is 10.3. The normalized spacial score (nSPS) is 9.76. The molecule has 128 valence electrons. The molecule has 0 fully saturated rings. The molecule has 2 aromatic carbocycles. The third-order valence-electron chi connectivity index (χ3n) is 3.31. The second-order valence-electron chi connectivity index (χ2n) is 4.85. The topological polar surface area (TPSA) is 106 Å². The molecule has 0 heterocycles. The van der Waals surface area contributed by atoms with Gasteiger partial charge in [0, 0.05) is 5.69 Å². The molecule has 25 heavy (non-hydrogen) atoms. The minimum atomic E-state index is -0.618. The van der Waals surface area contributed by atoms with Crippen LogP contribution < -0.4 is 14.4 Å². The standard InChI is InChI=1S/C17H15N3O5/c1-24-14-7-8-16(15(11-14)20(22)23)25-12-17(21)19(10-9-18)13-5-3-2-4-6-13/h2-8,11H,10,12H2,1H3. The van der Waals surface area contributed by atoms with Crippen molar-refractivity contribution in [3.8, 4) is 17.6 Å². The van der Waals surface area contributed by atoms with Crippen molar-refractivity contribution < 1.29 is 19.2 Å². The minimum absolute atomic E-state index is 0.0517. The molecule has 8 nitrogen and oxygen atoms in total. The Morgan fingerprint density at radius 2 is 2.00 bits per heavy atom. The van der Waals surface area contributed by atoms with Gasteiger partial charge in [0.25, 0.3) is 5.91 Å². The van der Waals surface area contributed by atoms with Crippen molar-refractivity contribution in [1.29, 1.82) is 5.26 Å². The molecular weight excluding hydrogens is 326 g/mol. The second kappa shape index (κ2) is 8.31. The van der Waals surface area contributed by atoms with E-state index in [-0.39, 0.29) is 18.0 Å². The van der Waals surface area contributed by atoms with Crippen LogP contribution in [0.3, 0.4) is 0 Å². The second-order valence-corrected chi connectivity index (χ2v) is 4.85. The molecule has 0 atom stereocenters. The van der Waals surface area contributed by atoms with Crippen LogP contribution >= 0.6 is 0 Å². The van der Waals surface area contributed by atoms with E-state index in [0.717, 1.165) is 0 Å². The number of benzene rings is 2. The van der Waals surface area contributed by atoms with E-state index in [1.165, 1.54) is 30.2 Å². The summed E-state index contributed by atoms with van der Waals surface area (Å²) >= 11 is 0. The van der Waals surface area contributed by atoms with E-state index >= 15 is 0 Å². The summed E-state index contributed by atoms with van der Waals surface area (Å²) in [6.45, 7) is -0.597. The van der Waals surface area contributed by atoms with E-state index in [1.54, 1.807) is 30.3 Å². The highest BCUT2D eigenvalue weighted by molar-refractivity contribution is 5.94. The molecule has 0 spiro atoms. The number of nitrogens with zero attached hydrogens (tertiary/aromatic N) is 3. The molecule has 0 aromatic heterocycles. The van der Waals surface area contributed by atoms with E-state index in [1.807, 2.05) is 6.07 Å². The molecule has 0 aliphatic heterocycles. The first-order valence-electron chi connectivity index (χ1n) is 7.24. The molecular formula is C17H15N3O5. The monoisotopic (exact) mass is 341 g/mol. The quantitative estimate of drug-likeness (QED) is 0.435. The van der Waals surface area contributed by atoms with Gasteiger partial charge in [-0.1, -0.05) is 18.2 Å². The highest BCUT2D eigenvalue weighted by atomic mass is 16.6. The maximum atomic E-state index is 12.4. The zero-order valence-electron chi connectivity index (χ0n) is 13.4. The molecule has 0 aliphatic rings. The Kier molecular flexibility index (Phi) is 5.90. The van der Waals surface area contributed by atoms with Gasteiger partial charge < -0.3 is 9.47 Å². The first-order chi connectivity index (χ1) is 12.1. The molecule has 0 aliphatic carbocycles. The predicted molar refractivity (Wildman–Crippen MR) is 89.6 cm³/mol. The molecule has 0 saturated heterocycles. The smallest absolute Gasteiger partial charge is 0.314 e. The Morgan fingerprint density at radius 1 is 1.28 bits per heavy atom. The van der Waals surface area contributed by atoms with Crippen molar-refractivity contribution in [3.63, 3.8) is 0 Å². The third kappa shape index (κ3) is 4.45. The number of hydrogen-bond donors (Lipinski definition) is 0. The number of amides is 1. The average Bonchev–Trinajstić information content (AvgIpc) is 2.64. The summed E-state index contributed by atoms with van der Waals surface area (Å²) in [5.41, 5.74) is 0.237. The SMILES string of the molecule is COc1ccc(OCC(=O)N(CC#N)c2ccccc2)c([N+](=O)[O-])c1. The van der Waals surface area contributed by atoms with Crippen LogP contribution in [-0.4, -0.2) is 31.1 Å². The fraction of sp³-hybridized carbons (Fsp3) is 0.176. The Morgan fingerprint density at radius 3 is 2.60 bits per heavy atom. The number of anilines is 1. The van der Waals surface area contributed by atoms with Crippen LogP contribution in [0.2, 0.25) is 0 Å². The number of para-hydroxylation sites is 1. The Balaban J connectivity index is 2.15. The molecule has 0 saturated carbocycles. The van der Waals surface area contributed by atoms with Gasteiger partial charge in [-0.3, -0.25) is 19.8 Å². The van der Waals surface area contributed by atoms with Crippen molar-refractivity contribution in [3.05, 3.63) is 58.6 Å². The van der Waals surface area contributed by atoms with Gasteiger partial charge in [-0.25, -0.2) is 0 Å². The van der Waals surface area contributed by atoms with Crippen LogP contribution in [0.25, 0.3) is 0 Å². The van der Waals surface area contributed by atoms with Gasteiger partial charge in [0.05, 0.1) is 24.2 Å². The summed E-state index contributed by atoms with van der Waals surface area (Å²) in [7, 11) is 1.39. The number of methoxy groups -OCH3 is 1. The van der Waals surface area contributed by atoms with Gasteiger partial charge in [0.2, 0.25) is 0 Å². The zero-order chi connectivity index (χ0) is 18.2. The number of nitro groups is 1. The number of nitriles is 1. The van der Waals surface area contributed by atoms with Crippen LogP contribution in [-0.2, 0) is 4.79 Å². The largest absolute Gasteiger partial charge is 0.496 e. The van der Waals surface area contributed by atoms with Gasteiger partial charge in [-0.2, -0.15) is 5.26 Å². The minimum Gasteiger partial charge on any atom is -0.496 e. The van der Waals surface area contributed by atoms with Crippen molar-refractivity contribution in [1.82, 2.24) is 0 Å². The first-order valence-corrected chi connectivity index (χ1v) is 7.24. The highest BCUT2D eigenvalue weighted by Crippen LogP contribution is 2.31. The molecule has 2 rings (SSSR count). The van der Waals surface area contributed by atoms with Crippen molar-refractivity contribution >= 4 is 17.3 Å². The van der Waals surface area contributed by atoms with Crippen LogP contribution in [0, 0.1) is 21.4 Å². The van der Waals surface area contributed by atoms with Gasteiger partial charge in [0.15, 0.2) is 12.4 Å². The van der Waals surface area contributed by atoms with Crippen LogP contribution in [0.15, 0.2) is 48.5 Å². The highest BCUT2D eigenvalue weighted by Gasteiger charge is 2.20. The summed E-state index contributed by atoms with van der Waals surface area (Å²) in [4.78, 5) is 24.1. The van der Waals surface area contributed by atoms with Crippen molar-refractivity contribution in [2.45, 2.75) is 0 Å². The Bertz CT molecular complexity index is 802. The van der Waals surface area contributed by atoms with Gasteiger partial charge >= 0.3 is 5.69 Å². The van der Waals surface area contributed by atoms with Crippen molar-refractivity contribution in [2.75, 3.05) is 25.2 Å². The van der Waals surface area contributed by atoms with E-state index in [0.29, 0.717) is 11.4 Å². The zero-order valence-corrected chi connectivity index (χ0v) is 13.4. The van der Waals surface area contributed by atoms with E-state index in [4.69, 9.17) is 14.7 Å². The number of hydrogen-bond acceptors (Lipinski definition) is 6. The third-order valence-corrected chi connectivity index (χ3v) is 3.31. The average molecular weight is 341 g/mol. The Hall–Kier alpha value is -3.60. The Labute approximate surface area is 144 Å². The van der Waals surface area contributed by atoms with E-state index in [2.05, 4.69) is 0 Å². The van der Waals surface area contributed by atoms with E-state index < -0.39 is 17.4 Å². The lowest BCUT2D eigenvalue weighted by atomic mass is 10.2. The van der Waals surface area contributed by atoms with Gasteiger partial charge in [-0.15, -0.1) is 0 Å². The van der Waals surface area contributed by atoms with Crippen LogP contribution in [0.5, 0.6) is 11.5 Å². The maximum Gasteiger partial charge on any atom is 0.314 e. The molecule has 0 N–H and O–H groups in total. The number of rotatable bonds is 7. The summed E-state index contributed by atoms with van der Waals surface area (Å²) in [6, 6.07) is 14.6. The predicted octanol–water partition coefficient (Wildman–Crippen LogP) is 2.54. The van der Waals surface area contributed by atoms with Gasteiger partial charge in [0.1, 0.15) is 12.3 Å². The van der Waals surface area contributed by atoms with E-state index in [9.17, 15) is 14.9 Å². The number of ether oxygens (including phenoxy) is 2. The molecule has 0 unspecified atom stereocenters. The molecule has 0 bridgehead atoms. The molecule has 2 aromatic rings. The summed E-state index contributed by atoms with van der Waals surface area (Å²) in [5.74, 6) is -0.234. The lowest BCUT2D eigenvalue weighted by molar-refractivity contribution is -0.385. The molecule has 0 radical (unpaired) electrons. The lowest BCUT2D eigenvalue weighted by Crippen LogP contribution is -2.35. The first kappa shape index (κ1) is 17.7. The van der Waals surface area contributed by atoms with Crippen molar-refractivity contribution in [2.24, 2.45) is 0 Å². The molecule has 8 heteroatoms. The number of carbonyl (C=O) groups is 1. The van der Waals surface area contributed by atoms with Gasteiger partial charge in [-0.05, 0) is 24.3 Å². The lowest BCUT2D eigenvalue weighted by Gasteiger charge is -2.19. The summed E-state index contributed by atoms with van der Waals surface area (Å²) in [5, 5.41) is 20.0. The number of nitro benzene ring substituents is 1. The molecule has 1 amide bonds. The fourth-order valence-corrected chi connectivity index (χ4v) is 2.11. The maximum absolute atomic E-state index is 12.4. The van der Waals surface area contributed by atoms with Crippen LogP contribution in [0.1, 0.15) is 0 Å².